The van der Waals surface area contributed by atoms with Crippen molar-refractivity contribution >= 4 is 23.4 Å². The topological polar surface area (TPSA) is 51.6 Å². The van der Waals surface area contributed by atoms with Gasteiger partial charge in [0.25, 0.3) is 0 Å². The summed E-state index contributed by atoms with van der Waals surface area (Å²) in [6, 6.07) is 0. The third kappa shape index (κ3) is 2.87. The van der Waals surface area contributed by atoms with Crippen LogP contribution in [0.15, 0.2) is 10.2 Å². The predicted molar refractivity (Wildman–Crippen MR) is 76.9 cm³/mol. The summed E-state index contributed by atoms with van der Waals surface area (Å²) < 4.78 is 0. The van der Waals surface area contributed by atoms with Crippen LogP contribution >= 0.6 is 23.4 Å². The Morgan fingerprint density at radius 2 is 1.37 bits per heavy atom. The van der Waals surface area contributed by atoms with Crippen molar-refractivity contribution in [3.05, 3.63) is 33.2 Å². The van der Waals surface area contributed by atoms with E-state index in [9.17, 15) is 0 Å². The van der Waals surface area contributed by atoms with E-state index < -0.39 is 0 Å². The third-order valence-corrected chi connectivity index (χ3v) is 4.53. The van der Waals surface area contributed by atoms with Gasteiger partial charge in [0.15, 0.2) is 10.3 Å². The van der Waals surface area contributed by atoms with E-state index in [-0.39, 0.29) is 0 Å². The number of halogens is 1. The normalized spacial score (nSPS) is 10.8. The lowest BCUT2D eigenvalue weighted by Crippen LogP contribution is -2.00. The van der Waals surface area contributed by atoms with Crippen molar-refractivity contribution in [3.63, 3.8) is 0 Å². The highest BCUT2D eigenvalue weighted by molar-refractivity contribution is 7.99. The number of hydrogen-bond acceptors (Lipinski definition) is 5. The minimum absolute atomic E-state index is 0.444. The van der Waals surface area contributed by atoms with Crippen molar-refractivity contribution in [2.24, 2.45) is 0 Å². The highest BCUT2D eigenvalue weighted by Gasteiger charge is 2.12. The second-order valence-corrected chi connectivity index (χ2v) is 5.76. The van der Waals surface area contributed by atoms with Crippen LogP contribution in [-0.2, 0) is 0 Å². The molecule has 0 aliphatic heterocycles. The first kappa shape index (κ1) is 14.2. The Kier molecular flexibility index (Phi) is 4.06. The van der Waals surface area contributed by atoms with E-state index >= 15 is 0 Å². The van der Waals surface area contributed by atoms with Crippen LogP contribution < -0.4 is 0 Å². The van der Waals surface area contributed by atoms with Gasteiger partial charge >= 0.3 is 0 Å². The zero-order valence-corrected chi connectivity index (χ0v) is 13.1. The fraction of sp³-hybridized carbons (Fsp3) is 0.385. The van der Waals surface area contributed by atoms with Crippen molar-refractivity contribution in [3.8, 4) is 0 Å². The highest BCUT2D eigenvalue weighted by atomic mass is 35.5. The van der Waals surface area contributed by atoms with Gasteiger partial charge < -0.3 is 0 Å². The third-order valence-electron chi connectivity index (χ3n) is 3.22. The molecular formula is C13H15ClN4S. The van der Waals surface area contributed by atoms with Crippen LogP contribution in [0.4, 0.5) is 0 Å². The minimum Gasteiger partial charge on any atom is -0.227 e. The second kappa shape index (κ2) is 5.43. The molecule has 19 heavy (non-hydrogen) atoms. The Morgan fingerprint density at radius 1 is 0.789 bits per heavy atom. The first-order valence-electron chi connectivity index (χ1n) is 5.89. The molecule has 0 aromatic carbocycles. The average molecular weight is 295 g/mol. The average Bonchev–Trinajstić information content (AvgIpc) is 2.36. The molecule has 0 unspecified atom stereocenters. The highest BCUT2D eigenvalue weighted by Crippen LogP contribution is 2.29. The van der Waals surface area contributed by atoms with E-state index in [1.165, 1.54) is 11.8 Å². The predicted octanol–water partition coefficient (Wildman–Crippen LogP) is 3.61. The van der Waals surface area contributed by atoms with E-state index in [2.05, 4.69) is 20.2 Å². The van der Waals surface area contributed by atoms with Crippen molar-refractivity contribution in [1.82, 2.24) is 20.2 Å². The molecule has 6 heteroatoms. The number of rotatable bonds is 2. The van der Waals surface area contributed by atoms with Crippen LogP contribution in [0.2, 0.25) is 5.15 Å². The molecule has 0 bridgehead atoms. The van der Waals surface area contributed by atoms with Crippen LogP contribution in [-0.4, -0.2) is 20.2 Å². The summed E-state index contributed by atoms with van der Waals surface area (Å²) in [4.78, 5) is 8.95. The van der Waals surface area contributed by atoms with Crippen molar-refractivity contribution in [2.45, 2.75) is 44.8 Å². The lowest BCUT2D eigenvalue weighted by Gasteiger charge is -2.09. The zero-order valence-electron chi connectivity index (χ0n) is 11.6. The lowest BCUT2D eigenvalue weighted by atomic mass is 10.2. The molecule has 4 nitrogen and oxygen atoms in total. The molecule has 0 aliphatic carbocycles. The summed E-state index contributed by atoms with van der Waals surface area (Å²) >= 11 is 7.37. The van der Waals surface area contributed by atoms with Gasteiger partial charge in [0.1, 0.15) is 5.03 Å². The van der Waals surface area contributed by atoms with E-state index in [0.717, 1.165) is 33.1 Å². The van der Waals surface area contributed by atoms with E-state index in [1.807, 2.05) is 34.6 Å². The maximum Gasteiger partial charge on any atom is 0.194 e. The van der Waals surface area contributed by atoms with Crippen LogP contribution in [0.1, 0.15) is 28.1 Å². The van der Waals surface area contributed by atoms with Crippen molar-refractivity contribution in [1.29, 1.82) is 0 Å². The van der Waals surface area contributed by atoms with Crippen molar-refractivity contribution in [2.75, 3.05) is 0 Å². The first-order chi connectivity index (χ1) is 8.90. The standard InChI is InChI=1S/C13H15ClN4S/c1-6-7(2)12(18-17-11(6)14)19-13-15-9(4)8(3)10(5)16-13/h1-5H3. The zero-order chi connectivity index (χ0) is 14.2. The molecule has 2 aromatic rings. The fourth-order valence-electron chi connectivity index (χ4n) is 1.52. The maximum atomic E-state index is 5.95. The van der Waals surface area contributed by atoms with Gasteiger partial charge in [-0.1, -0.05) is 11.6 Å². The van der Waals surface area contributed by atoms with Gasteiger partial charge in [-0.3, -0.25) is 0 Å². The fourth-order valence-corrected chi connectivity index (χ4v) is 2.63. The molecule has 0 spiro atoms. The van der Waals surface area contributed by atoms with Crippen molar-refractivity contribution < 1.29 is 0 Å². The second-order valence-electron chi connectivity index (χ2n) is 4.45. The Labute approximate surface area is 122 Å². The van der Waals surface area contributed by atoms with Gasteiger partial charge in [-0.05, 0) is 63.1 Å². The van der Waals surface area contributed by atoms with Crippen LogP contribution in [0.5, 0.6) is 0 Å². The van der Waals surface area contributed by atoms with Crippen LogP contribution in [0.25, 0.3) is 0 Å². The van der Waals surface area contributed by atoms with Gasteiger partial charge in [-0.2, -0.15) is 0 Å². The summed E-state index contributed by atoms with van der Waals surface area (Å²) in [6.45, 7) is 9.91. The quantitative estimate of drug-likeness (QED) is 0.792. The van der Waals surface area contributed by atoms with Gasteiger partial charge in [0, 0.05) is 11.4 Å². The van der Waals surface area contributed by atoms with Crippen LogP contribution in [0.3, 0.4) is 0 Å². The monoisotopic (exact) mass is 294 g/mol. The first-order valence-corrected chi connectivity index (χ1v) is 7.08. The molecule has 2 heterocycles. The Balaban J connectivity index is 2.39. The Bertz CT molecular complexity index is 620. The molecule has 0 radical (unpaired) electrons. The summed E-state index contributed by atoms with van der Waals surface area (Å²) in [5.41, 5.74) is 5.07. The Morgan fingerprint density at radius 3 is 1.95 bits per heavy atom. The largest absolute Gasteiger partial charge is 0.227 e. The summed E-state index contributed by atoms with van der Waals surface area (Å²) in [7, 11) is 0. The van der Waals surface area contributed by atoms with Crippen LogP contribution in [0, 0.1) is 34.6 Å². The number of aryl methyl sites for hydroxylation is 2. The molecule has 0 aliphatic rings. The molecule has 2 aromatic heterocycles. The number of aromatic nitrogens is 4. The molecule has 0 saturated heterocycles. The SMILES string of the molecule is Cc1nc(Sc2nnc(Cl)c(C)c2C)nc(C)c1C. The van der Waals surface area contributed by atoms with E-state index in [4.69, 9.17) is 11.6 Å². The maximum absolute atomic E-state index is 5.95. The molecule has 0 atom stereocenters. The Hall–Kier alpha value is -1.20. The van der Waals surface area contributed by atoms with Gasteiger partial charge in [-0.15, -0.1) is 10.2 Å². The molecular weight excluding hydrogens is 280 g/mol. The van der Waals surface area contributed by atoms with Gasteiger partial charge in [0.2, 0.25) is 0 Å². The molecule has 100 valence electrons. The van der Waals surface area contributed by atoms with Gasteiger partial charge in [0.05, 0.1) is 0 Å². The smallest absolute Gasteiger partial charge is 0.194 e. The summed E-state index contributed by atoms with van der Waals surface area (Å²) in [5.74, 6) is 0. The molecule has 0 fully saturated rings. The molecule has 0 N–H and O–H groups in total. The minimum atomic E-state index is 0.444. The molecule has 0 saturated carbocycles. The molecule has 0 amide bonds. The summed E-state index contributed by atoms with van der Waals surface area (Å²) in [6.07, 6.45) is 0. The number of nitrogens with zero attached hydrogens (tertiary/aromatic N) is 4. The van der Waals surface area contributed by atoms with Gasteiger partial charge in [-0.25, -0.2) is 9.97 Å². The van der Waals surface area contributed by atoms with E-state index in [1.54, 1.807) is 0 Å². The lowest BCUT2D eigenvalue weighted by molar-refractivity contribution is 0.858. The number of hydrogen-bond donors (Lipinski definition) is 0. The summed E-state index contributed by atoms with van der Waals surface area (Å²) in [5, 5.41) is 9.99. The van der Waals surface area contributed by atoms with E-state index in [0.29, 0.717) is 10.3 Å². The molecule has 2 rings (SSSR count).